The fourth-order valence-corrected chi connectivity index (χ4v) is 10.2. The van der Waals surface area contributed by atoms with Gasteiger partial charge in [-0.25, -0.2) is 0 Å². The van der Waals surface area contributed by atoms with Crippen LogP contribution in [0.15, 0.2) is 191 Å². The van der Waals surface area contributed by atoms with Crippen LogP contribution in [0.1, 0.15) is 0 Å². The molecule has 0 bridgehead atoms. The molecule has 0 unspecified atom stereocenters. The molecule has 1 aliphatic rings. The number of thiophene rings is 2. The van der Waals surface area contributed by atoms with Crippen LogP contribution in [-0.2, 0) is 10.2 Å². The van der Waals surface area contributed by atoms with Crippen molar-refractivity contribution >= 4 is 87.2 Å². The molecule has 9 aromatic rings. The quantitative estimate of drug-likeness (QED) is 0.144. The number of para-hydroxylation sites is 4. The lowest BCUT2D eigenvalue weighted by atomic mass is 9.97. The van der Waals surface area contributed by atoms with Crippen LogP contribution in [0.4, 0.5) is 32.8 Å². The van der Waals surface area contributed by atoms with E-state index in [1.807, 2.05) is 72.8 Å². The minimum Gasteiger partial charge on any atom is -0.302 e. The Morgan fingerprint density at radius 1 is 0.382 bits per heavy atom. The molecule has 6 nitrogen and oxygen atoms in total. The summed E-state index contributed by atoms with van der Waals surface area (Å²) in [6.07, 6.45) is 0. The van der Waals surface area contributed by atoms with Crippen LogP contribution < -0.4 is 20.5 Å². The fourth-order valence-electron chi connectivity index (χ4n) is 7.27. The van der Waals surface area contributed by atoms with E-state index in [9.17, 15) is 8.42 Å². The first-order chi connectivity index (χ1) is 27.0. The van der Waals surface area contributed by atoms with E-state index < -0.39 is 10.2 Å². The highest BCUT2D eigenvalue weighted by molar-refractivity contribution is 7.88. The van der Waals surface area contributed by atoms with E-state index in [-0.39, 0.29) is 0 Å². The van der Waals surface area contributed by atoms with Gasteiger partial charge in [-0.3, -0.25) is 0 Å². The maximum absolute atomic E-state index is 13.0. The number of hydrogen-bond acceptors (Lipinski definition) is 6. The fraction of sp³-hybridized carbons (Fsp3) is 0. The second-order valence-electron chi connectivity index (χ2n) is 13.1. The van der Waals surface area contributed by atoms with Gasteiger partial charge < -0.3 is 9.80 Å². The average molecular weight is 767 g/mol. The number of rotatable bonds is 8. The summed E-state index contributed by atoms with van der Waals surface area (Å²) in [5, 5.41) is 6.29. The minimum atomic E-state index is -4.04. The molecule has 10 rings (SSSR count). The monoisotopic (exact) mass is 766 g/mol. The molecule has 0 N–H and O–H groups in total. The van der Waals surface area contributed by atoms with E-state index in [4.69, 9.17) is 0 Å². The summed E-state index contributed by atoms with van der Waals surface area (Å²) >= 11 is 3.36. The molecule has 0 radical (unpaired) electrons. The van der Waals surface area contributed by atoms with Crippen molar-refractivity contribution in [3.63, 3.8) is 0 Å². The standard InChI is InChI=1S/C46H30N4O2S3/c51-55(52)47-45-39-29-31(41-25-27-43(53-41)49(33-13-5-1-6-14-33)34-15-7-2-8-16-34)21-23-37(39)38-24-22-32(30-40(38)46(45)48-55)42-26-28-44(54-42)50(35-17-9-3-10-18-35)36-19-11-4-12-20-36/h1-30H. The molecule has 0 amide bonds. The predicted molar refractivity (Wildman–Crippen MR) is 229 cm³/mol. The Hall–Kier alpha value is -6.39. The van der Waals surface area contributed by atoms with E-state index in [2.05, 4.69) is 128 Å². The van der Waals surface area contributed by atoms with Crippen molar-refractivity contribution in [1.82, 2.24) is 0 Å². The lowest BCUT2D eigenvalue weighted by Gasteiger charge is -2.23. The van der Waals surface area contributed by atoms with Crippen LogP contribution in [-0.4, -0.2) is 8.42 Å². The Bertz CT molecular complexity index is 2830. The molecule has 7 aromatic carbocycles. The van der Waals surface area contributed by atoms with Gasteiger partial charge in [-0.15, -0.1) is 31.5 Å². The highest BCUT2D eigenvalue weighted by atomic mass is 32.2. The highest BCUT2D eigenvalue weighted by Gasteiger charge is 2.21. The summed E-state index contributed by atoms with van der Waals surface area (Å²) in [5.41, 5.74) is 6.23. The Kier molecular flexibility index (Phi) is 8.13. The third kappa shape index (κ3) is 6.08. The van der Waals surface area contributed by atoms with Crippen molar-refractivity contribution in [2.45, 2.75) is 0 Å². The van der Waals surface area contributed by atoms with Gasteiger partial charge >= 0.3 is 10.2 Å². The van der Waals surface area contributed by atoms with Gasteiger partial charge in [0.25, 0.3) is 0 Å². The predicted octanol–water partition coefficient (Wildman–Crippen LogP) is 11.9. The van der Waals surface area contributed by atoms with Gasteiger partial charge in [0.2, 0.25) is 0 Å². The van der Waals surface area contributed by atoms with E-state index in [0.717, 1.165) is 75.2 Å². The summed E-state index contributed by atoms with van der Waals surface area (Å²) in [6, 6.07) is 62.3. The minimum absolute atomic E-state index is 0.389. The number of hydrogen-bond donors (Lipinski definition) is 0. The van der Waals surface area contributed by atoms with Gasteiger partial charge in [0, 0.05) is 43.3 Å². The van der Waals surface area contributed by atoms with Crippen molar-refractivity contribution in [3.05, 3.63) is 193 Å². The molecule has 0 spiro atoms. The number of nitrogens with zero attached hydrogens (tertiary/aromatic N) is 4. The molecule has 0 atom stereocenters. The van der Waals surface area contributed by atoms with Crippen molar-refractivity contribution in [3.8, 4) is 20.9 Å². The molecular weight excluding hydrogens is 737 g/mol. The third-order valence-corrected chi connectivity index (χ3v) is 12.8. The molecule has 0 saturated heterocycles. The van der Waals surface area contributed by atoms with E-state index in [1.165, 1.54) is 0 Å². The number of fused-ring (bicyclic) bond motifs is 6. The molecule has 9 heteroatoms. The molecule has 0 saturated carbocycles. The lowest BCUT2D eigenvalue weighted by Crippen LogP contribution is -2.23. The molecule has 1 aliphatic heterocycles. The second-order valence-corrected chi connectivity index (χ2v) is 16.5. The number of anilines is 6. The SMILES string of the molecule is O=S1(=O)N=c2c(c3cc(-c4ccc(N(c5ccccc5)c5ccccc5)s4)ccc3c3ccc(-c4ccc(N(c5ccccc5)c5ccccc5)s4)cc23)=N1. The van der Waals surface area contributed by atoms with Crippen molar-refractivity contribution in [2.24, 2.45) is 8.80 Å². The molecule has 0 fully saturated rings. The summed E-state index contributed by atoms with van der Waals surface area (Å²) < 4.78 is 34.5. The van der Waals surface area contributed by atoms with Gasteiger partial charge in [-0.05, 0) is 107 Å². The van der Waals surface area contributed by atoms with Crippen LogP contribution in [0.25, 0.3) is 42.4 Å². The van der Waals surface area contributed by atoms with Gasteiger partial charge in [0.05, 0.1) is 0 Å². The van der Waals surface area contributed by atoms with Crippen molar-refractivity contribution < 1.29 is 8.42 Å². The summed E-state index contributed by atoms with van der Waals surface area (Å²) in [5.74, 6) is 0. The zero-order valence-corrected chi connectivity index (χ0v) is 31.6. The zero-order valence-electron chi connectivity index (χ0n) is 29.2. The Labute approximate surface area is 326 Å². The van der Waals surface area contributed by atoms with E-state index >= 15 is 0 Å². The van der Waals surface area contributed by atoms with Gasteiger partial charge in [-0.2, -0.15) is 8.42 Å². The van der Waals surface area contributed by atoms with E-state index in [0.29, 0.717) is 10.7 Å². The van der Waals surface area contributed by atoms with Gasteiger partial charge in [0.1, 0.15) is 20.7 Å². The first kappa shape index (κ1) is 33.2. The van der Waals surface area contributed by atoms with Gasteiger partial charge in [-0.1, -0.05) is 97.1 Å². The summed E-state index contributed by atoms with van der Waals surface area (Å²) in [7, 11) is -4.04. The normalized spacial score (nSPS) is 12.9. The highest BCUT2D eigenvalue weighted by Crippen LogP contribution is 2.44. The van der Waals surface area contributed by atoms with Crippen LogP contribution in [0.5, 0.6) is 0 Å². The Morgan fingerprint density at radius 3 is 1.07 bits per heavy atom. The summed E-state index contributed by atoms with van der Waals surface area (Å²) in [4.78, 5) is 6.61. The molecule has 0 aliphatic carbocycles. The van der Waals surface area contributed by atoms with Crippen LogP contribution in [0.2, 0.25) is 0 Å². The molecule has 2 aromatic heterocycles. The van der Waals surface area contributed by atoms with Crippen molar-refractivity contribution in [2.75, 3.05) is 9.80 Å². The average Bonchev–Trinajstić information content (AvgIpc) is 3.99. The Balaban J connectivity index is 1.07. The first-order valence-corrected chi connectivity index (χ1v) is 20.8. The van der Waals surface area contributed by atoms with Crippen LogP contribution in [0.3, 0.4) is 0 Å². The van der Waals surface area contributed by atoms with Crippen LogP contribution in [0, 0.1) is 0 Å². The van der Waals surface area contributed by atoms with Gasteiger partial charge in [0.15, 0.2) is 0 Å². The molecular formula is C46H30N4O2S3. The molecule has 264 valence electrons. The lowest BCUT2D eigenvalue weighted by molar-refractivity contribution is 0.599. The smallest absolute Gasteiger partial charge is 0.302 e. The maximum Gasteiger partial charge on any atom is 0.364 e. The van der Waals surface area contributed by atoms with Crippen molar-refractivity contribution in [1.29, 1.82) is 0 Å². The topological polar surface area (TPSA) is 65.3 Å². The second kappa shape index (κ2) is 13.5. The maximum atomic E-state index is 13.0. The zero-order chi connectivity index (χ0) is 36.9. The molecule has 3 heterocycles. The largest absolute Gasteiger partial charge is 0.364 e. The number of benzene rings is 7. The van der Waals surface area contributed by atoms with Crippen LogP contribution >= 0.6 is 22.7 Å². The first-order valence-electron chi connectivity index (χ1n) is 17.7. The molecule has 55 heavy (non-hydrogen) atoms. The summed E-state index contributed by atoms with van der Waals surface area (Å²) in [6.45, 7) is 0. The third-order valence-electron chi connectivity index (χ3n) is 9.73. The van der Waals surface area contributed by atoms with E-state index in [1.54, 1.807) is 22.7 Å². The Morgan fingerprint density at radius 2 is 0.727 bits per heavy atom.